The van der Waals surface area contributed by atoms with E-state index in [0.717, 1.165) is 25.8 Å². The summed E-state index contributed by atoms with van der Waals surface area (Å²) in [5.74, 6) is 0. The molecule has 1 N–H and O–H groups in total. The highest BCUT2D eigenvalue weighted by atomic mass is 19.4. The quantitative estimate of drug-likeness (QED) is 0.749. The van der Waals surface area contributed by atoms with Crippen LogP contribution < -0.4 is 5.32 Å². The highest BCUT2D eigenvalue weighted by molar-refractivity contribution is 4.91. The molecule has 1 fully saturated rings. The topological polar surface area (TPSA) is 12.0 Å². The van der Waals surface area contributed by atoms with Gasteiger partial charge in [0.05, 0.1) is 0 Å². The van der Waals surface area contributed by atoms with E-state index >= 15 is 0 Å². The average Bonchev–Trinajstić information content (AvgIpc) is 2.52. The van der Waals surface area contributed by atoms with Gasteiger partial charge in [0.15, 0.2) is 0 Å². The second-order valence-corrected chi connectivity index (χ2v) is 4.13. The lowest BCUT2D eigenvalue weighted by Gasteiger charge is -2.28. The summed E-state index contributed by atoms with van der Waals surface area (Å²) in [4.78, 5) is 0. The summed E-state index contributed by atoms with van der Waals surface area (Å²) in [6.07, 6.45) is -0.663. The van der Waals surface area contributed by atoms with Crippen molar-refractivity contribution in [2.75, 3.05) is 6.54 Å². The Morgan fingerprint density at radius 3 is 2.50 bits per heavy atom. The van der Waals surface area contributed by atoms with Crippen LogP contribution in [0, 0.1) is 0 Å². The molecule has 1 atom stereocenters. The van der Waals surface area contributed by atoms with E-state index < -0.39 is 12.6 Å². The Kier molecular flexibility index (Phi) is 3.81. The molecule has 0 aliphatic carbocycles. The van der Waals surface area contributed by atoms with Gasteiger partial charge in [-0.2, -0.15) is 13.2 Å². The zero-order chi connectivity index (χ0) is 10.7. The third kappa shape index (κ3) is 3.48. The Hall–Kier alpha value is -0.250. The first kappa shape index (κ1) is 11.8. The van der Waals surface area contributed by atoms with Crippen LogP contribution in [0.2, 0.25) is 0 Å². The average molecular weight is 209 g/mol. The van der Waals surface area contributed by atoms with Gasteiger partial charge in [0.25, 0.3) is 0 Å². The Labute approximate surface area is 83.1 Å². The number of hydrogen-bond donors (Lipinski definition) is 1. The van der Waals surface area contributed by atoms with Crippen LogP contribution in [0.5, 0.6) is 0 Å². The van der Waals surface area contributed by atoms with Crippen molar-refractivity contribution < 1.29 is 13.2 Å². The van der Waals surface area contributed by atoms with Crippen molar-refractivity contribution in [3.63, 3.8) is 0 Å². The fraction of sp³-hybridized carbons (Fsp3) is 1.00. The normalized spacial score (nSPS) is 28.3. The van der Waals surface area contributed by atoms with Crippen LogP contribution in [-0.4, -0.2) is 18.3 Å². The van der Waals surface area contributed by atoms with Crippen molar-refractivity contribution >= 4 is 0 Å². The fourth-order valence-corrected chi connectivity index (χ4v) is 2.19. The first-order valence-corrected chi connectivity index (χ1v) is 5.29. The predicted octanol–water partition coefficient (Wildman–Crippen LogP) is 3.25. The molecule has 1 saturated heterocycles. The summed E-state index contributed by atoms with van der Waals surface area (Å²) in [5, 5.41) is 3.34. The van der Waals surface area contributed by atoms with Crippen LogP contribution in [0.15, 0.2) is 0 Å². The van der Waals surface area contributed by atoms with Crippen LogP contribution in [0.3, 0.4) is 0 Å². The lowest BCUT2D eigenvalue weighted by Crippen LogP contribution is -2.39. The minimum atomic E-state index is -3.99. The standard InChI is InChI=1S/C10H18F3N/c1-2-9(6-4-8-14-9)5-3-7-10(11,12)13/h14H,2-8H2,1H3. The fourth-order valence-electron chi connectivity index (χ4n) is 2.19. The number of halogens is 3. The zero-order valence-corrected chi connectivity index (χ0v) is 8.58. The van der Waals surface area contributed by atoms with E-state index in [1.165, 1.54) is 0 Å². The first-order chi connectivity index (χ1) is 6.47. The van der Waals surface area contributed by atoms with E-state index in [1.807, 2.05) is 6.92 Å². The minimum absolute atomic E-state index is 0.00521. The summed E-state index contributed by atoms with van der Waals surface area (Å²) < 4.78 is 35.8. The molecule has 84 valence electrons. The number of hydrogen-bond acceptors (Lipinski definition) is 1. The van der Waals surface area contributed by atoms with Crippen molar-refractivity contribution in [2.24, 2.45) is 0 Å². The number of rotatable bonds is 4. The lowest BCUT2D eigenvalue weighted by atomic mass is 9.88. The van der Waals surface area contributed by atoms with Crippen LogP contribution in [-0.2, 0) is 0 Å². The Morgan fingerprint density at radius 2 is 2.07 bits per heavy atom. The molecule has 1 nitrogen and oxygen atoms in total. The van der Waals surface area contributed by atoms with Gasteiger partial charge in [0.2, 0.25) is 0 Å². The molecular formula is C10H18F3N. The molecule has 0 saturated carbocycles. The smallest absolute Gasteiger partial charge is 0.311 e. The van der Waals surface area contributed by atoms with E-state index in [9.17, 15) is 13.2 Å². The molecule has 0 spiro atoms. The summed E-state index contributed by atoms with van der Waals surface area (Å²) >= 11 is 0. The largest absolute Gasteiger partial charge is 0.389 e. The first-order valence-electron chi connectivity index (χ1n) is 5.29. The molecular weight excluding hydrogens is 191 g/mol. The van der Waals surface area contributed by atoms with Crippen molar-refractivity contribution in [3.8, 4) is 0 Å². The molecule has 1 unspecified atom stereocenters. The molecule has 0 aromatic rings. The Bertz CT molecular complexity index is 171. The second-order valence-electron chi connectivity index (χ2n) is 4.13. The predicted molar refractivity (Wildman–Crippen MR) is 50.2 cm³/mol. The van der Waals surface area contributed by atoms with Gasteiger partial charge >= 0.3 is 6.18 Å². The Morgan fingerprint density at radius 1 is 1.36 bits per heavy atom. The summed E-state index contributed by atoms with van der Waals surface area (Å²) in [6, 6.07) is 0. The van der Waals surface area contributed by atoms with Crippen LogP contribution in [0.4, 0.5) is 13.2 Å². The van der Waals surface area contributed by atoms with Gasteiger partial charge in [-0.3, -0.25) is 0 Å². The van der Waals surface area contributed by atoms with Crippen molar-refractivity contribution in [1.82, 2.24) is 5.32 Å². The maximum absolute atomic E-state index is 11.9. The van der Waals surface area contributed by atoms with E-state index in [1.54, 1.807) is 0 Å². The van der Waals surface area contributed by atoms with Crippen molar-refractivity contribution in [1.29, 1.82) is 0 Å². The van der Waals surface area contributed by atoms with Gasteiger partial charge in [-0.05, 0) is 38.6 Å². The van der Waals surface area contributed by atoms with E-state index in [0.29, 0.717) is 6.42 Å². The van der Waals surface area contributed by atoms with Gasteiger partial charge in [-0.15, -0.1) is 0 Å². The van der Waals surface area contributed by atoms with Crippen molar-refractivity contribution in [2.45, 2.75) is 57.2 Å². The Balaban J connectivity index is 2.28. The molecule has 1 aliphatic heterocycles. The van der Waals surface area contributed by atoms with Gasteiger partial charge in [-0.1, -0.05) is 6.92 Å². The molecule has 1 rings (SSSR count). The summed E-state index contributed by atoms with van der Waals surface area (Å²) in [7, 11) is 0. The minimum Gasteiger partial charge on any atom is -0.311 e. The SMILES string of the molecule is CCC1(CCCC(F)(F)F)CCCN1. The van der Waals surface area contributed by atoms with Gasteiger partial charge < -0.3 is 5.32 Å². The second kappa shape index (κ2) is 4.51. The van der Waals surface area contributed by atoms with Crippen LogP contribution >= 0.6 is 0 Å². The number of alkyl halides is 3. The molecule has 0 amide bonds. The molecule has 0 aromatic heterocycles. The van der Waals surface area contributed by atoms with Gasteiger partial charge in [0.1, 0.15) is 0 Å². The highest BCUT2D eigenvalue weighted by Gasteiger charge is 2.33. The molecule has 14 heavy (non-hydrogen) atoms. The van der Waals surface area contributed by atoms with Gasteiger partial charge in [-0.25, -0.2) is 0 Å². The van der Waals surface area contributed by atoms with E-state index in [4.69, 9.17) is 0 Å². The zero-order valence-electron chi connectivity index (χ0n) is 8.58. The van der Waals surface area contributed by atoms with E-state index in [-0.39, 0.29) is 12.0 Å². The monoisotopic (exact) mass is 209 g/mol. The summed E-state index contributed by atoms with van der Waals surface area (Å²) in [6.45, 7) is 3.01. The molecule has 4 heteroatoms. The van der Waals surface area contributed by atoms with E-state index in [2.05, 4.69) is 5.32 Å². The van der Waals surface area contributed by atoms with Crippen LogP contribution in [0.1, 0.15) is 45.4 Å². The summed E-state index contributed by atoms with van der Waals surface area (Å²) in [5.41, 5.74) is 0.00521. The highest BCUT2D eigenvalue weighted by Crippen LogP contribution is 2.31. The molecule has 1 heterocycles. The number of nitrogens with one attached hydrogen (secondary N) is 1. The molecule has 1 aliphatic rings. The molecule has 0 radical (unpaired) electrons. The molecule has 0 bridgehead atoms. The van der Waals surface area contributed by atoms with Crippen LogP contribution in [0.25, 0.3) is 0 Å². The lowest BCUT2D eigenvalue weighted by molar-refractivity contribution is -0.136. The maximum atomic E-state index is 11.9. The van der Waals surface area contributed by atoms with Crippen molar-refractivity contribution in [3.05, 3.63) is 0 Å². The third-order valence-corrected chi connectivity index (χ3v) is 3.12. The van der Waals surface area contributed by atoms with Gasteiger partial charge in [0, 0.05) is 12.0 Å². The third-order valence-electron chi connectivity index (χ3n) is 3.12. The molecule has 0 aromatic carbocycles. The maximum Gasteiger partial charge on any atom is 0.389 e.